The third-order valence-electron chi connectivity index (χ3n) is 5.44. The molecule has 1 N–H and O–H groups in total. The number of carbonyl (C=O) groups excluding carboxylic acids is 2. The van der Waals surface area contributed by atoms with Crippen molar-refractivity contribution >= 4 is 29.2 Å². The quantitative estimate of drug-likeness (QED) is 0.561. The fraction of sp³-hybridized carbons (Fsp3) is 0.304. The molecule has 1 aliphatic rings. The van der Waals surface area contributed by atoms with Crippen LogP contribution in [0.2, 0.25) is 5.02 Å². The van der Waals surface area contributed by atoms with Gasteiger partial charge in [0.05, 0.1) is 19.2 Å². The molecule has 1 aromatic heterocycles. The molecule has 1 amide bonds. The summed E-state index contributed by atoms with van der Waals surface area (Å²) in [5, 5.41) is 7.60. The number of hydrogen-bond acceptors (Lipinski definition) is 7. The normalized spacial score (nSPS) is 14.8. The second-order valence-electron chi connectivity index (χ2n) is 7.63. The van der Waals surface area contributed by atoms with Crippen molar-refractivity contribution in [3.8, 4) is 11.4 Å². The van der Waals surface area contributed by atoms with Crippen LogP contribution in [0.4, 0.5) is 5.69 Å². The first-order chi connectivity index (χ1) is 15.5. The number of likely N-dealkylation sites (tertiary alicyclic amines) is 1. The van der Waals surface area contributed by atoms with Gasteiger partial charge in [-0.15, -0.1) is 0 Å². The van der Waals surface area contributed by atoms with Crippen molar-refractivity contribution in [2.45, 2.75) is 19.4 Å². The molecule has 3 aromatic rings. The van der Waals surface area contributed by atoms with Crippen LogP contribution < -0.4 is 5.32 Å². The van der Waals surface area contributed by atoms with Crippen molar-refractivity contribution < 1.29 is 18.8 Å². The summed E-state index contributed by atoms with van der Waals surface area (Å²) in [4.78, 5) is 31.0. The van der Waals surface area contributed by atoms with Crippen LogP contribution in [-0.4, -0.2) is 47.1 Å². The Morgan fingerprint density at radius 1 is 1.19 bits per heavy atom. The summed E-state index contributed by atoms with van der Waals surface area (Å²) in [6, 6.07) is 14.0. The number of rotatable bonds is 6. The fourth-order valence-corrected chi connectivity index (χ4v) is 3.79. The van der Waals surface area contributed by atoms with Crippen LogP contribution in [0.15, 0.2) is 53.1 Å². The topological polar surface area (TPSA) is 97.6 Å². The van der Waals surface area contributed by atoms with Gasteiger partial charge in [0.25, 0.3) is 0 Å². The summed E-state index contributed by atoms with van der Waals surface area (Å²) in [6.07, 6.45) is 1.45. The number of halogens is 1. The third-order valence-corrected chi connectivity index (χ3v) is 5.69. The Hall–Kier alpha value is -3.23. The highest BCUT2D eigenvalue weighted by Crippen LogP contribution is 2.23. The third kappa shape index (κ3) is 5.33. The molecule has 1 fully saturated rings. The number of nitrogens with zero attached hydrogens (tertiary/aromatic N) is 3. The van der Waals surface area contributed by atoms with Crippen molar-refractivity contribution in [2.24, 2.45) is 5.92 Å². The number of anilines is 1. The Labute approximate surface area is 190 Å². The lowest BCUT2D eigenvalue weighted by Gasteiger charge is -2.30. The molecule has 2 aromatic carbocycles. The zero-order valence-corrected chi connectivity index (χ0v) is 18.3. The van der Waals surface area contributed by atoms with E-state index >= 15 is 0 Å². The zero-order chi connectivity index (χ0) is 22.5. The SMILES string of the molecule is COC(=O)c1cccc(NC(=O)C2CCN(Cc3nc(-c4ccc(Cl)cc4)no3)CC2)c1. The molecule has 1 saturated heterocycles. The summed E-state index contributed by atoms with van der Waals surface area (Å²) < 4.78 is 10.1. The molecular formula is C23H23ClN4O4. The van der Waals surface area contributed by atoms with E-state index in [0.717, 1.165) is 31.5 Å². The number of nitrogens with one attached hydrogen (secondary N) is 1. The van der Waals surface area contributed by atoms with E-state index in [1.165, 1.54) is 7.11 Å². The van der Waals surface area contributed by atoms with Gasteiger partial charge in [0, 0.05) is 22.2 Å². The maximum absolute atomic E-state index is 12.7. The highest BCUT2D eigenvalue weighted by molar-refractivity contribution is 6.30. The van der Waals surface area contributed by atoms with Crippen molar-refractivity contribution in [1.82, 2.24) is 15.0 Å². The fourth-order valence-electron chi connectivity index (χ4n) is 3.67. The zero-order valence-electron chi connectivity index (χ0n) is 17.6. The lowest BCUT2D eigenvalue weighted by Crippen LogP contribution is -2.37. The van der Waals surface area contributed by atoms with Crippen LogP contribution in [-0.2, 0) is 16.1 Å². The van der Waals surface area contributed by atoms with Gasteiger partial charge in [0.2, 0.25) is 17.6 Å². The van der Waals surface area contributed by atoms with Crippen LogP contribution in [0, 0.1) is 5.92 Å². The standard InChI is InChI=1S/C23H23ClN4O4/c1-31-23(30)17-3-2-4-19(13-17)25-22(29)16-9-11-28(12-10-16)14-20-26-21(27-32-20)15-5-7-18(24)8-6-15/h2-8,13,16H,9-12,14H2,1H3,(H,25,29). The van der Waals surface area contributed by atoms with Gasteiger partial charge in [0.15, 0.2) is 0 Å². The highest BCUT2D eigenvalue weighted by atomic mass is 35.5. The number of aromatic nitrogens is 2. The summed E-state index contributed by atoms with van der Waals surface area (Å²) in [5.41, 5.74) is 1.83. The van der Waals surface area contributed by atoms with Gasteiger partial charge in [0.1, 0.15) is 0 Å². The van der Waals surface area contributed by atoms with E-state index in [2.05, 4.69) is 20.4 Å². The van der Waals surface area contributed by atoms with Crippen molar-refractivity contribution in [3.05, 3.63) is 65.0 Å². The van der Waals surface area contributed by atoms with E-state index in [4.69, 9.17) is 20.9 Å². The Kier molecular flexibility index (Phi) is 6.82. The molecule has 0 saturated carbocycles. The molecule has 166 valence electrons. The molecule has 0 unspecified atom stereocenters. The van der Waals surface area contributed by atoms with E-state index in [1.807, 2.05) is 12.1 Å². The molecule has 1 aliphatic heterocycles. The van der Waals surface area contributed by atoms with Crippen LogP contribution >= 0.6 is 11.6 Å². The molecule has 0 atom stereocenters. The van der Waals surface area contributed by atoms with E-state index in [1.54, 1.807) is 36.4 Å². The predicted molar refractivity (Wildman–Crippen MR) is 119 cm³/mol. The maximum Gasteiger partial charge on any atom is 0.337 e. The average Bonchev–Trinajstić information content (AvgIpc) is 3.28. The van der Waals surface area contributed by atoms with Crippen LogP contribution in [0.1, 0.15) is 29.1 Å². The smallest absolute Gasteiger partial charge is 0.337 e. The molecule has 4 rings (SSSR count). The van der Waals surface area contributed by atoms with Crippen LogP contribution in [0.25, 0.3) is 11.4 Å². The number of piperidine rings is 1. The van der Waals surface area contributed by atoms with E-state index in [-0.39, 0.29) is 11.8 Å². The van der Waals surface area contributed by atoms with Gasteiger partial charge >= 0.3 is 5.97 Å². The molecule has 32 heavy (non-hydrogen) atoms. The minimum absolute atomic E-state index is 0.0468. The number of esters is 1. The number of amides is 1. The molecule has 0 radical (unpaired) electrons. The Balaban J connectivity index is 1.28. The number of hydrogen-bond donors (Lipinski definition) is 1. The molecular weight excluding hydrogens is 432 g/mol. The monoisotopic (exact) mass is 454 g/mol. The second-order valence-corrected chi connectivity index (χ2v) is 8.07. The second kappa shape index (κ2) is 9.93. The first-order valence-corrected chi connectivity index (χ1v) is 10.7. The van der Waals surface area contributed by atoms with Crippen LogP contribution in [0.5, 0.6) is 0 Å². The lowest BCUT2D eigenvalue weighted by atomic mass is 9.95. The molecule has 0 aliphatic carbocycles. The van der Waals surface area contributed by atoms with Crippen molar-refractivity contribution in [2.75, 3.05) is 25.5 Å². The Morgan fingerprint density at radius 2 is 1.94 bits per heavy atom. The van der Waals surface area contributed by atoms with Crippen molar-refractivity contribution in [3.63, 3.8) is 0 Å². The summed E-state index contributed by atoms with van der Waals surface area (Å²) in [6.45, 7) is 2.04. The summed E-state index contributed by atoms with van der Waals surface area (Å²) in [7, 11) is 1.33. The highest BCUT2D eigenvalue weighted by Gasteiger charge is 2.26. The number of benzene rings is 2. The lowest BCUT2D eigenvalue weighted by molar-refractivity contribution is -0.121. The molecule has 8 nitrogen and oxygen atoms in total. The number of ether oxygens (including phenoxy) is 1. The number of methoxy groups -OCH3 is 1. The van der Waals surface area contributed by atoms with E-state index in [0.29, 0.717) is 34.5 Å². The van der Waals surface area contributed by atoms with Gasteiger partial charge in [-0.1, -0.05) is 22.8 Å². The van der Waals surface area contributed by atoms with Gasteiger partial charge in [-0.25, -0.2) is 4.79 Å². The molecule has 9 heteroatoms. The van der Waals surface area contributed by atoms with E-state index < -0.39 is 5.97 Å². The van der Waals surface area contributed by atoms with Gasteiger partial charge in [-0.2, -0.15) is 4.98 Å². The molecule has 2 heterocycles. The van der Waals surface area contributed by atoms with Crippen molar-refractivity contribution in [1.29, 1.82) is 0 Å². The minimum Gasteiger partial charge on any atom is -0.465 e. The predicted octanol–water partition coefficient (Wildman–Crippen LogP) is 4.03. The molecule has 0 spiro atoms. The number of carbonyl (C=O) groups is 2. The van der Waals surface area contributed by atoms with Gasteiger partial charge < -0.3 is 14.6 Å². The first-order valence-electron chi connectivity index (χ1n) is 10.3. The van der Waals surface area contributed by atoms with E-state index in [9.17, 15) is 9.59 Å². The summed E-state index contributed by atoms with van der Waals surface area (Å²) >= 11 is 5.92. The largest absolute Gasteiger partial charge is 0.465 e. The average molecular weight is 455 g/mol. The summed E-state index contributed by atoms with van der Waals surface area (Å²) in [5.74, 6) is 0.488. The van der Waals surface area contributed by atoms with Gasteiger partial charge in [-0.3, -0.25) is 9.69 Å². The van der Waals surface area contributed by atoms with Gasteiger partial charge in [-0.05, 0) is 68.4 Å². The Bertz CT molecular complexity index is 1090. The first kappa shape index (κ1) is 22.0. The molecule has 0 bridgehead atoms. The maximum atomic E-state index is 12.7. The Morgan fingerprint density at radius 3 is 2.66 bits per heavy atom. The minimum atomic E-state index is -0.436. The van der Waals surface area contributed by atoms with Crippen LogP contribution in [0.3, 0.4) is 0 Å².